The van der Waals surface area contributed by atoms with Gasteiger partial charge in [0.2, 0.25) is 5.91 Å². The van der Waals surface area contributed by atoms with E-state index in [0.29, 0.717) is 18.1 Å². The van der Waals surface area contributed by atoms with Crippen molar-refractivity contribution in [2.24, 2.45) is 0 Å². The van der Waals surface area contributed by atoms with Crippen LogP contribution in [0.5, 0.6) is 0 Å². The third kappa shape index (κ3) is 2.52. The molecular weight excluding hydrogens is 236 g/mol. The number of hydrogen-bond donors (Lipinski definition) is 1. The minimum Gasteiger partial charge on any atom is -0.338 e. The number of carbonyl (C=O) groups is 1. The highest BCUT2D eigenvalue weighted by molar-refractivity contribution is 5.73. The summed E-state index contributed by atoms with van der Waals surface area (Å²) >= 11 is 0. The Morgan fingerprint density at radius 2 is 2.05 bits per heavy atom. The van der Waals surface area contributed by atoms with Gasteiger partial charge in [-0.1, -0.05) is 36.8 Å². The van der Waals surface area contributed by atoms with Crippen LogP contribution >= 0.6 is 0 Å². The van der Waals surface area contributed by atoms with Crippen LogP contribution < -0.4 is 5.32 Å². The molecule has 0 spiro atoms. The molecule has 102 valence electrons. The number of benzene rings is 1. The monoisotopic (exact) mass is 258 g/mol. The molecule has 1 N–H and O–H groups in total. The fourth-order valence-corrected chi connectivity index (χ4v) is 3.58. The molecule has 3 rings (SSSR count). The molecule has 1 amide bonds. The summed E-state index contributed by atoms with van der Waals surface area (Å²) in [7, 11) is 0. The van der Waals surface area contributed by atoms with Crippen LogP contribution in [0.3, 0.4) is 0 Å². The second-order valence-electron chi connectivity index (χ2n) is 5.75. The minimum absolute atomic E-state index is 0.229. The van der Waals surface area contributed by atoms with Crippen LogP contribution in [0.4, 0.5) is 0 Å². The zero-order chi connectivity index (χ0) is 13.2. The van der Waals surface area contributed by atoms with E-state index < -0.39 is 0 Å². The summed E-state index contributed by atoms with van der Waals surface area (Å²) < 4.78 is 0. The van der Waals surface area contributed by atoms with Crippen molar-refractivity contribution >= 4 is 5.91 Å². The van der Waals surface area contributed by atoms with E-state index >= 15 is 0 Å². The van der Waals surface area contributed by atoms with Gasteiger partial charge in [-0.05, 0) is 24.8 Å². The molecule has 0 aliphatic carbocycles. The molecule has 0 radical (unpaired) electrons. The van der Waals surface area contributed by atoms with Gasteiger partial charge in [0.15, 0.2) is 0 Å². The Kier molecular flexibility index (Phi) is 3.56. The van der Waals surface area contributed by atoms with Crippen LogP contribution in [0, 0.1) is 0 Å². The molecule has 1 aromatic carbocycles. The Labute approximate surface area is 115 Å². The SMILES string of the molecule is CC(=O)N1CCCC[C@@H]2N[C@H](c3ccccc3)C[C@H]21. The first kappa shape index (κ1) is 12.7. The lowest BCUT2D eigenvalue weighted by molar-refractivity contribution is -0.131. The van der Waals surface area contributed by atoms with E-state index in [0.717, 1.165) is 19.4 Å². The fourth-order valence-electron chi connectivity index (χ4n) is 3.58. The van der Waals surface area contributed by atoms with Gasteiger partial charge in [0.1, 0.15) is 0 Å². The van der Waals surface area contributed by atoms with E-state index in [2.05, 4.69) is 40.5 Å². The van der Waals surface area contributed by atoms with Gasteiger partial charge in [-0.3, -0.25) is 4.79 Å². The lowest BCUT2D eigenvalue weighted by Crippen LogP contribution is -2.44. The number of rotatable bonds is 1. The topological polar surface area (TPSA) is 32.3 Å². The molecule has 2 aliphatic heterocycles. The zero-order valence-corrected chi connectivity index (χ0v) is 11.5. The van der Waals surface area contributed by atoms with Crippen LogP contribution in [0.2, 0.25) is 0 Å². The van der Waals surface area contributed by atoms with Crippen molar-refractivity contribution in [3.63, 3.8) is 0 Å². The van der Waals surface area contributed by atoms with Crippen LogP contribution in [-0.2, 0) is 4.79 Å². The number of hydrogen-bond acceptors (Lipinski definition) is 2. The Hall–Kier alpha value is -1.35. The number of likely N-dealkylation sites (tertiary alicyclic amines) is 1. The molecule has 2 saturated heterocycles. The van der Waals surface area contributed by atoms with E-state index in [9.17, 15) is 4.79 Å². The largest absolute Gasteiger partial charge is 0.338 e. The third-order valence-electron chi connectivity index (χ3n) is 4.53. The summed E-state index contributed by atoms with van der Waals surface area (Å²) in [5.41, 5.74) is 1.35. The highest BCUT2D eigenvalue weighted by Crippen LogP contribution is 2.33. The summed E-state index contributed by atoms with van der Waals surface area (Å²) in [5.74, 6) is 0.229. The number of nitrogens with one attached hydrogen (secondary N) is 1. The standard InChI is InChI=1S/C16H22N2O/c1-12(19)18-10-6-5-9-14-16(18)11-15(17-14)13-7-3-2-4-8-13/h2-4,7-8,14-17H,5-6,9-11H2,1H3/t14-,15-,16+/m0/s1. The molecule has 2 aliphatic rings. The normalized spacial score (nSPS) is 30.8. The molecule has 3 heteroatoms. The first-order chi connectivity index (χ1) is 9.25. The van der Waals surface area contributed by atoms with Crippen molar-refractivity contribution in [1.29, 1.82) is 0 Å². The van der Waals surface area contributed by atoms with E-state index in [1.54, 1.807) is 6.92 Å². The smallest absolute Gasteiger partial charge is 0.219 e. The maximum absolute atomic E-state index is 11.8. The Morgan fingerprint density at radius 1 is 1.26 bits per heavy atom. The van der Waals surface area contributed by atoms with Gasteiger partial charge in [0.05, 0.1) is 0 Å². The fraction of sp³-hybridized carbons (Fsp3) is 0.562. The van der Waals surface area contributed by atoms with Gasteiger partial charge in [0, 0.05) is 31.6 Å². The van der Waals surface area contributed by atoms with Gasteiger partial charge in [0.25, 0.3) is 0 Å². The molecule has 0 bridgehead atoms. The summed E-state index contributed by atoms with van der Waals surface area (Å²) in [4.78, 5) is 13.9. The quantitative estimate of drug-likeness (QED) is 0.839. The Bertz CT molecular complexity index is 445. The Morgan fingerprint density at radius 3 is 2.79 bits per heavy atom. The average molecular weight is 258 g/mol. The van der Waals surface area contributed by atoms with E-state index in [-0.39, 0.29) is 5.91 Å². The predicted molar refractivity (Wildman–Crippen MR) is 75.7 cm³/mol. The second kappa shape index (κ2) is 5.33. The van der Waals surface area contributed by atoms with Gasteiger partial charge < -0.3 is 10.2 Å². The maximum atomic E-state index is 11.8. The van der Waals surface area contributed by atoms with Crippen molar-refractivity contribution in [2.45, 2.75) is 50.7 Å². The summed E-state index contributed by atoms with van der Waals surface area (Å²) in [6.07, 6.45) is 4.61. The molecule has 3 nitrogen and oxygen atoms in total. The number of fused-ring (bicyclic) bond motifs is 1. The summed E-state index contributed by atoms with van der Waals surface area (Å²) in [6, 6.07) is 11.8. The average Bonchev–Trinajstić information content (AvgIpc) is 2.73. The van der Waals surface area contributed by atoms with Gasteiger partial charge in [-0.2, -0.15) is 0 Å². The van der Waals surface area contributed by atoms with Crippen molar-refractivity contribution < 1.29 is 4.79 Å². The number of carbonyl (C=O) groups excluding carboxylic acids is 1. The van der Waals surface area contributed by atoms with E-state index in [1.165, 1.54) is 18.4 Å². The summed E-state index contributed by atoms with van der Waals surface area (Å²) in [5, 5.41) is 3.74. The first-order valence-electron chi connectivity index (χ1n) is 7.34. The molecule has 19 heavy (non-hydrogen) atoms. The molecule has 2 fully saturated rings. The molecule has 0 saturated carbocycles. The lowest BCUT2D eigenvalue weighted by Gasteiger charge is -2.29. The second-order valence-corrected chi connectivity index (χ2v) is 5.75. The Balaban J connectivity index is 1.80. The summed E-state index contributed by atoms with van der Waals surface area (Å²) in [6.45, 7) is 2.64. The van der Waals surface area contributed by atoms with Gasteiger partial charge in [-0.15, -0.1) is 0 Å². The van der Waals surface area contributed by atoms with E-state index in [4.69, 9.17) is 0 Å². The van der Waals surface area contributed by atoms with Crippen molar-refractivity contribution in [3.8, 4) is 0 Å². The molecule has 2 heterocycles. The lowest BCUT2D eigenvalue weighted by atomic mass is 10.0. The van der Waals surface area contributed by atoms with Gasteiger partial charge in [-0.25, -0.2) is 0 Å². The van der Waals surface area contributed by atoms with Crippen LogP contribution in [0.15, 0.2) is 30.3 Å². The van der Waals surface area contributed by atoms with Crippen LogP contribution in [0.25, 0.3) is 0 Å². The predicted octanol–water partition coefficient (Wildman–Crippen LogP) is 2.49. The molecule has 3 atom stereocenters. The number of nitrogens with zero attached hydrogens (tertiary/aromatic N) is 1. The minimum atomic E-state index is 0.229. The third-order valence-corrected chi connectivity index (χ3v) is 4.53. The van der Waals surface area contributed by atoms with Gasteiger partial charge >= 0.3 is 0 Å². The molecule has 0 unspecified atom stereocenters. The van der Waals surface area contributed by atoms with Crippen molar-refractivity contribution in [3.05, 3.63) is 35.9 Å². The van der Waals surface area contributed by atoms with E-state index in [1.807, 2.05) is 0 Å². The molecule has 0 aromatic heterocycles. The maximum Gasteiger partial charge on any atom is 0.219 e. The number of amides is 1. The van der Waals surface area contributed by atoms with Crippen LogP contribution in [0.1, 0.15) is 44.2 Å². The first-order valence-corrected chi connectivity index (χ1v) is 7.34. The molecular formula is C16H22N2O. The van der Waals surface area contributed by atoms with Crippen LogP contribution in [-0.4, -0.2) is 29.4 Å². The highest BCUT2D eigenvalue weighted by Gasteiger charge is 2.39. The zero-order valence-electron chi connectivity index (χ0n) is 11.5. The van der Waals surface area contributed by atoms with Crippen molar-refractivity contribution in [2.75, 3.05) is 6.54 Å². The highest BCUT2D eigenvalue weighted by atomic mass is 16.2. The molecule has 1 aromatic rings. The van der Waals surface area contributed by atoms with Crippen molar-refractivity contribution in [1.82, 2.24) is 10.2 Å².